The summed E-state index contributed by atoms with van der Waals surface area (Å²) in [6.45, 7) is 0. The van der Waals surface area contributed by atoms with Crippen molar-refractivity contribution in [2.24, 2.45) is 0 Å². The Morgan fingerprint density at radius 2 is 2.43 bits per heavy atom. The van der Waals surface area contributed by atoms with Crippen LogP contribution in [0.2, 0.25) is 5.82 Å². The number of hydrogen-bond donors (Lipinski definition) is 0. The zero-order chi connectivity index (χ0) is 5.11. The molecule has 0 saturated heterocycles. The number of rotatable bonds is 3. The Hall–Kier alpha value is 0.560. The molecule has 0 nitrogen and oxygen atoms in total. The van der Waals surface area contributed by atoms with E-state index < -0.39 is 0 Å². The van der Waals surface area contributed by atoms with Crippen LogP contribution in [0, 0.1) is 0 Å². The summed E-state index contributed by atoms with van der Waals surface area (Å²) in [5.41, 5.74) is 0. The maximum Gasteiger partial charge on any atom is 0.129 e. The monoisotopic (exact) mass is 112 g/mol. The lowest BCUT2D eigenvalue weighted by Gasteiger charge is -1.86. The van der Waals surface area contributed by atoms with Crippen molar-refractivity contribution >= 4 is 23.3 Å². The van der Waals surface area contributed by atoms with Gasteiger partial charge in [0, 0.05) is 0 Å². The molecule has 0 spiro atoms. The topological polar surface area (TPSA) is 0 Å². The van der Waals surface area contributed by atoms with Crippen molar-refractivity contribution in [3.05, 3.63) is 0 Å². The molecule has 38 valence electrons. The van der Waals surface area contributed by atoms with Crippen LogP contribution in [0.5, 0.6) is 0 Å². The Balaban J connectivity index is 1.80. The van der Waals surface area contributed by atoms with Crippen LogP contribution >= 0.6 is 8.46 Å². The van der Waals surface area contributed by atoms with E-state index in [9.17, 15) is 0 Å². The summed E-state index contributed by atoms with van der Waals surface area (Å²) >= 11 is 0. The van der Waals surface area contributed by atoms with E-state index in [1.165, 1.54) is 34.6 Å². The molecule has 0 aromatic rings. The molecule has 0 amide bonds. The molecular formula is C4H11B2P. The highest BCUT2D eigenvalue weighted by Gasteiger charge is 2.20. The van der Waals surface area contributed by atoms with E-state index in [2.05, 4.69) is 7.57 Å². The zero-order valence-corrected chi connectivity index (χ0v) is 5.91. The predicted molar refractivity (Wildman–Crippen MR) is 41.9 cm³/mol. The molecule has 0 heterocycles. The molecule has 1 aliphatic carbocycles. The van der Waals surface area contributed by atoms with E-state index in [0.29, 0.717) is 0 Å². The van der Waals surface area contributed by atoms with Gasteiger partial charge in [0.2, 0.25) is 0 Å². The highest BCUT2D eigenvalue weighted by molar-refractivity contribution is 7.67. The second-order valence-corrected chi connectivity index (χ2v) is 3.54. The van der Waals surface area contributed by atoms with Crippen LogP contribution in [-0.2, 0) is 0 Å². The van der Waals surface area contributed by atoms with Crippen LogP contribution in [0.15, 0.2) is 0 Å². The summed E-state index contributed by atoms with van der Waals surface area (Å²) < 4.78 is 0. The van der Waals surface area contributed by atoms with Crippen LogP contribution in [0.3, 0.4) is 0 Å². The van der Waals surface area contributed by atoms with Gasteiger partial charge in [0.25, 0.3) is 0 Å². The summed E-state index contributed by atoms with van der Waals surface area (Å²) in [7, 11) is 5.01. The quantitative estimate of drug-likeness (QED) is 0.361. The largest absolute Gasteiger partial charge is 0.172 e. The van der Waals surface area contributed by atoms with E-state index in [-0.39, 0.29) is 0 Å². The summed E-state index contributed by atoms with van der Waals surface area (Å²) in [5.74, 6) is 1.16. The highest BCUT2D eigenvalue weighted by atomic mass is 31.1. The Morgan fingerprint density at radius 1 is 1.71 bits per heavy atom. The molecule has 0 aromatic carbocycles. The van der Waals surface area contributed by atoms with E-state index in [4.69, 9.17) is 0 Å². The average molecular weight is 112 g/mol. The second kappa shape index (κ2) is 2.77. The Morgan fingerprint density at radius 3 is 2.86 bits per heavy atom. The average Bonchev–Trinajstić information content (AvgIpc) is 2.42. The first kappa shape index (κ1) is 5.69. The van der Waals surface area contributed by atoms with E-state index >= 15 is 0 Å². The van der Waals surface area contributed by atoms with Crippen molar-refractivity contribution in [2.45, 2.75) is 18.7 Å². The normalized spacial score (nSPS) is 21.1. The molecule has 0 aliphatic heterocycles. The molecule has 1 atom stereocenters. The van der Waals surface area contributed by atoms with Crippen LogP contribution in [-0.4, -0.2) is 20.9 Å². The van der Waals surface area contributed by atoms with Gasteiger partial charge in [-0.3, -0.25) is 0 Å². The molecule has 1 fully saturated rings. The molecule has 0 N–H and O–H groups in total. The maximum absolute atomic E-state index is 2.29. The van der Waals surface area contributed by atoms with Gasteiger partial charge in [-0.15, -0.1) is 0 Å². The standard InChI is InChI=1S/C4H11B2P/c5-7-3-6-4-1-2-4/h4,6-7H,1-3,5H2. The molecule has 1 aliphatic rings. The van der Waals surface area contributed by atoms with Gasteiger partial charge in [-0.25, -0.2) is 0 Å². The van der Waals surface area contributed by atoms with Gasteiger partial charge >= 0.3 is 0 Å². The third-order valence-electron chi connectivity index (χ3n) is 1.50. The van der Waals surface area contributed by atoms with E-state index in [0.717, 1.165) is 5.82 Å². The van der Waals surface area contributed by atoms with Gasteiger partial charge in [-0.05, 0) is 0 Å². The molecule has 7 heavy (non-hydrogen) atoms. The molecule has 1 rings (SSSR count). The Bertz CT molecular complexity index is 53.7. The summed E-state index contributed by atoms with van der Waals surface area (Å²) in [6.07, 6.45) is 3.06. The van der Waals surface area contributed by atoms with Crippen molar-refractivity contribution in [3.8, 4) is 0 Å². The fraction of sp³-hybridized carbons (Fsp3) is 1.00. The fourth-order valence-electron chi connectivity index (χ4n) is 0.755. The zero-order valence-electron chi connectivity index (χ0n) is 4.91. The summed E-state index contributed by atoms with van der Waals surface area (Å²) in [6, 6.07) is 1.49. The van der Waals surface area contributed by atoms with E-state index in [1.807, 2.05) is 0 Å². The minimum atomic E-state index is 1.16. The van der Waals surface area contributed by atoms with Crippen LogP contribution in [0.1, 0.15) is 12.8 Å². The molecular weight excluding hydrogens is 101 g/mol. The van der Waals surface area contributed by atoms with Gasteiger partial charge in [0.1, 0.15) is 14.8 Å². The summed E-state index contributed by atoms with van der Waals surface area (Å²) in [4.78, 5) is 0. The predicted octanol–water partition coefficient (Wildman–Crippen LogP) is 0.189. The molecule has 1 unspecified atom stereocenters. The first-order valence-electron chi connectivity index (χ1n) is 3.08. The minimum Gasteiger partial charge on any atom is -0.172 e. The lowest BCUT2D eigenvalue weighted by molar-refractivity contribution is 1.44. The van der Waals surface area contributed by atoms with Gasteiger partial charge in [-0.1, -0.05) is 24.7 Å². The van der Waals surface area contributed by atoms with Crippen molar-refractivity contribution in [2.75, 3.05) is 6.06 Å². The third-order valence-corrected chi connectivity index (χ3v) is 2.29. The van der Waals surface area contributed by atoms with Gasteiger partial charge in [-0.2, -0.15) is 8.46 Å². The van der Waals surface area contributed by atoms with Gasteiger partial charge in [0.05, 0.1) is 0 Å². The van der Waals surface area contributed by atoms with Crippen molar-refractivity contribution in [1.29, 1.82) is 0 Å². The number of hydrogen-bond acceptors (Lipinski definition) is 0. The van der Waals surface area contributed by atoms with E-state index in [1.54, 1.807) is 0 Å². The SMILES string of the molecule is BPCBC1CC1. The molecule has 0 bridgehead atoms. The molecule has 0 radical (unpaired) electrons. The smallest absolute Gasteiger partial charge is 0.129 e. The summed E-state index contributed by atoms with van der Waals surface area (Å²) in [5, 5.41) is 0. The minimum absolute atomic E-state index is 1.16. The highest BCUT2D eigenvalue weighted by Crippen LogP contribution is 2.35. The molecule has 3 heteroatoms. The Labute approximate surface area is 48.8 Å². The van der Waals surface area contributed by atoms with Crippen LogP contribution < -0.4 is 0 Å². The van der Waals surface area contributed by atoms with Crippen LogP contribution in [0.25, 0.3) is 0 Å². The molecule has 1 saturated carbocycles. The lowest BCUT2D eigenvalue weighted by Crippen LogP contribution is -1.89. The van der Waals surface area contributed by atoms with Crippen molar-refractivity contribution < 1.29 is 0 Å². The first-order chi connectivity index (χ1) is 3.43. The second-order valence-electron chi connectivity index (χ2n) is 2.34. The first-order valence-corrected chi connectivity index (χ1v) is 4.79. The lowest BCUT2D eigenvalue weighted by atomic mass is 9.75. The third kappa shape index (κ3) is 2.39. The van der Waals surface area contributed by atoms with Gasteiger partial charge in [0.15, 0.2) is 0 Å². The molecule has 0 aromatic heterocycles. The fourth-order valence-corrected chi connectivity index (χ4v) is 1.45. The van der Waals surface area contributed by atoms with Crippen molar-refractivity contribution in [1.82, 2.24) is 0 Å². The van der Waals surface area contributed by atoms with Gasteiger partial charge < -0.3 is 0 Å². The van der Waals surface area contributed by atoms with Crippen LogP contribution in [0.4, 0.5) is 0 Å². The Kier molecular flexibility index (Phi) is 2.25. The maximum atomic E-state index is 2.29. The van der Waals surface area contributed by atoms with Crippen molar-refractivity contribution in [3.63, 3.8) is 0 Å².